The van der Waals surface area contributed by atoms with Crippen molar-refractivity contribution in [2.45, 2.75) is 38.5 Å². The Hall–Kier alpha value is -1.89. The van der Waals surface area contributed by atoms with Gasteiger partial charge in [-0.3, -0.25) is 4.79 Å². The van der Waals surface area contributed by atoms with E-state index in [2.05, 4.69) is 5.32 Å². The molecule has 1 fully saturated rings. The lowest BCUT2D eigenvalue weighted by Crippen LogP contribution is -2.41. The summed E-state index contributed by atoms with van der Waals surface area (Å²) in [7, 11) is -3.54. The second-order valence-electron chi connectivity index (χ2n) is 7.33. The van der Waals surface area contributed by atoms with E-state index in [4.69, 9.17) is 11.6 Å². The number of rotatable bonds is 4. The molecule has 1 aliphatic heterocycles. The summed E-state index contributed by atoms with van der Waals surface area (Å²) >= 11 is 6.11. The summed E-state index contributed by atoms with van der Waals surface area (Å²) in [6.07, 6.45) is 0.991. The zero-order chi connectivity index (χ0) is 20.5. The van der Waals surface area contributed by atoms with Crippen molar-refractivity contribution < 1.29 is 13.2 Å². The minimum atomic E-state index is -3.54. The van der Waals surface area contributed by atoms with Gasteiger partial charge >= 0.3 is 0 Å². The van der Waals surface area contributed by atoms with Gasteiger partial charge in [-0.1, -0.05) is 23.7 Å². The molecule has 7 heteroatoms. The molecule has 28 heavy (non-hydrogen) atoms. The summed E-state index contributed by atoms with van der Waals surface area (Å²) in [6, 6.07) is 10.6. The van der Waals surface area contributed by atoms with Crippen LogP contribution in [0.5, 0.6) is 0 Å². The van der Waals surface area contributed by atoms with Gasteiger partial charge in [-0.2, -0.15) is 4.31 Å². The molecule has 0 spiro atoms. The highest BCUT2D eigenvalue weighted by Gasteiger charge is 2.32. The van der Waals surface area contributed by atoms with Gasteiger partial charge in [0, 0.05) is 29.7 Å². The van der Waals surface area contributed by atoms with Crippen molar-refractivity contribution in [3.63, 3.8) is 0 Å². The van der Waals surface area contributed by atoms with Crippen molar-refractivity contribution in [1.29, 1.82) is 0 Å². The first kappa shape index (κ1) is 20.8. The molecule has 1 saturated heterocycles. The van der Waals surface area contributed by atoms with Crippen LogP contribution in [-0.4, -0.2) is 31.7 Å². The summed E-state index contributed by atoms with van der Waals surface area (Å²) < 4.78 is 27.3. The zero-order valence-electron chi connectivity index (χ0n) is 16.3. The maximum Gasteiger partial charge on any atom is 0.243 e. The molecule has 0 unspecified atom stereocenters. The fourth-order valence-electron chi connectivity index (χ4n) is 3.36. The van der Waals surface area contributed by atoms with E-state index in [0.29, 0.717) is 41.5 Å². The minimum Gasteiger partial charge on any atom is -0.326 e. The smallest absolute Gasteiger partial charge is 0.243 e. The molecule has 3 rings (SSSR count). The molecule has 0 aliphatic carbocycles. The first-order chi connectivity index (χ1) is 13.2. The maximum atomic E-state index is 12.9. The third kappa shape index (κ3) is 4.24. The van der Waals surface area contributed by atoms with Gasteiger partial charge in [0.05, 0.1) is 4.90 Å². The molecule has 1 heterocycles. The molecular formula is C21H25ClN2O3S. The van der Waals surface area contributed by atoms with Crippen LogP contribution in [0, 0.1) is 26.7 Å². The van der Waals surface area contributed by atoms with Crippen molar-refractivity contribution in [2.24, 2.45) is 5.92 Å². The topological polar surface area (TPSA) is 66.5 Å². The van der Waals surface area contributed by atoms with Crippen molar-refractivity contribution in [3.8, 4) is 0 Å². The molecule has 5 nitrogen and oxygen atoms in total. The highest BCUT2D eigenvalue weighted by atomic mass is 35.5. The van der Waals surface area contributed by atoms with Crippen LogP contribution in [-0.2, 0) is 14.8 Å². The average Bonchev–Trinajstić information content (AvgIpc) is 2.67. The Kier molecular flexibility index (Phi) is 6.12. The second kappa shape index (κ2) is 8.23. The first-order valence-corrected chi connectivity index (χ1v) is 11.2. The van der Waals surface area contributed by atoms with E-state index >= 15 is 0 Å². The van der Waals surface area contributed by atoms with Crippen LogP contribution in [0.25, 0.3) is 0 Å². The Morgan fingerprint density at radius 3 is 2.39 bits per heavy atom. The van der Waals surface area contributed by atoms with E-state index in [1.807, 2.05) is 32.9 Å². The van der Waals surface area contributed by atoms with E-state index in [1.54, 1.807) is 24.3 Å². The summed E-state index contributed by atoms with van der Waals surface area (Å²) in [4.78, 5) is 12.9. The molecule has 0 atom stereocenters. The predicted molar refractivity (Wildman–Crippen MR) is 112 cm³/mol. The minimum absolute atomic E-state index is 0.0893. The van der Waals surface area contributed by atoms with E-state index in [0.717, 1.165) is 16.7 Å². The third-order valence-corrected chi connectivity index (χ3v) is 7.77. The van der Waals surface area contributed by atoms with E-state index in [1.165, 1.54) is 4.31 Å². The van der Waals surface area contributed by atoms with Gasteiger partial charge < -0.3 is 5.32 Å². The van der Waals surface area contributed by atoms with Crippen LogP contribution >= 0.6 is 11.6 Å². The lowest BCUT2D eigenvalue weighted by molar-refractivity contribution is -0.120. The monoisotopic (exact) mass is 420 g/mol. The molecule has 0 saturated carbocycles. The van der Waals surface area contributed by atoms with Gasteiger partial charge in [-0.25, -0.2) is 8.42 Å². The van der Waals surface area contributed by atoms with Crippen LogP contribution in [0.1, 0.15) is 29.5 Å². The number of carbonyl (C=O) groups is 1. The molecule has 2 aromatic rings. The van der Waals surface area contributed by atoms with Gasteiger partial charge in [-0.05, 0) is 74.6 Å². The standard InChI is InChI=1S/C21H25ClN2O3S/c1-14-7-8-18(13-15(14)2)28(26,27)24-11-9-17(10-12-24)21(25)23-20-6-4-5-19(22)16(20)3/h4-8,13,17H,9-12H2,1-3H3,(H,23,25). The second-order valence-corrected chi connectivity index (χ2v) is 9.67. The Labute approximate surface area is 171 Å². The lowest BCUT2D eigenvalue weighted by Gasteiger charge is -2.30. The quantitative estimate of drug-likeness (QED) is 0.801. The normalized spacial score (nSPS) is 16.1. The van der Waals surface area contributed by atoms with Crippen LogP contribution in [0.3, 0.4) is 0 Å². The molecular weight excluding hydrogens is 396 g/mol. The molecule has 1 N–H and O–H groups in total. The number of aryl methyl sites for hydroxylation is 2. The van der Waals surface area contributed by atoms with E-state index in [-0.39, 0.29) is 11.8 Å². The number of carbonyl (C=O) groups excluding carboxylic acids is 1. The number of halogens is 1. The molecule has 0 bridgehead atoms. The van der Waals surface area contributed by atoms with Crippen molar-refractivity contribution in [1.82, 2.24) is 4.31 Å². The highest BCUT2D eigenvalue weighted by Crippen LogP contribution is 2.27. The summed E-state index contributed by atoms with van der Waals surface area (Å²) in [5, 5.41) is 3.53. The van der Waals surface area contributed by atoms with Gasteiger partial charge in [0.2, 0.25) is 15.9 Å². The summed E-state index contributed by atoms with van der Waals surface area (Å²) in [5.74, 6) is -0.307. The Balaban J connectivity index is 1.65. The average molecular weight is 421 g/mol. The largest absolute Gasteiger partial charge is 0.326 e. The summed E-state index contributed by atoms with van der Waals surface area (Å²) in [5.41, 5.74) is 3.54. The number of anilines is 1. The Morgan fingerprint density at radius 1 is 1.07 bits per heavy atom. The van der Waals surface area contributed by atoms with Crippen LogP contribution in [0.2, 0.25) is 5.02 Å². The molecule has 0 aromatic heterocycles. The number of piperidine rings is 1. The number of amides is 1. The fraction of sp³-hybridized carbons (Fsp3) is 0.381. The van der Waals surface area contributed by atoms with Gasteiger partial charge in [0.1, 0.15) is 0 Å². The first-order valence-electron chi connectivity index (χ1n) is 9.33. The summed E-state index contributed by atoms with van der Waals surface area (Å²) in [6.45, 7) is 6.39. The van der Waals surface area contributed by atoms with Gasteiger partial charge in [-0.15, -0.1) is 0 Å². The van der Waals surface area contributed by atoms with E-state index < -0.39 is 10.0 Å². The number of hydrogen-bond donors (Lipinski definition) is 1. The maximum absolute atomic E-state index is 12.9. The lowest BCUT2D eigenvalue weighted by atomic mass is 9.97. The number of benzene rings is 2. The molecule has 1 amide bonds. The molecule has 150 valence electrons. The molecule has 2 aromatic carbocycles. The van der Waals surface area contributed by atoms with Crippen LogP contribution in [0.15, 0.2) is 41.3 Å². The fourth-order valence-corrected chi connectivity index (χ4v) is 5.09. The SMILES string of the molecule is Cc1ccc(S(=O)(=O)N2CCC(C(=O)Nc3cccc(Cl)c3C)CC2)cc1C. The molecule has 1 aliphatic rings. The van der Waals surface area contributed by atoms with E-state index in [9.17, 15) is 13.2 Å². The van der Waals surface area contributed by atoms with Crippen molar-refractivity contribution in [3.05, 3.63) is 58.1 Å². The third-order valence-electron chi connectivity index (χ3n) is 5.47. The highest BCUT2D eigenvalue weighted by molar-refractivity contribution is 7.89. The van der Waals surface area contributed by atoms with Crippen molar-refractivity contribution in [2.75, 3.05) is 18.4 Å². The van der Waals surface area contributed by atoms with Crippen molar-refractivity contribution >= 4 is 33.2 Å². The number of sulfonamides is 1. The number of hydrogen-bond acceptors (Lipinski definition) is 3. The van der Waals surface area contributed by atoms with Gasteiger partial charge in [0.15, 0.2) is 0 Å². The molecule has 0 radical (unpaired) electrons. The van der Waals surface area contributed by atoms with Gasteiger partial charge in [0.25, 0.3) is 0 Å². The Bertz CT molecular complexity index is 997. The zero-order valence-corrected chi connectivity index (χ0v) is 17.9. The Morgan fingerprint density at radius 2 is 1.75 bits per heavy atom. The number of nitrogens with one attached hydrogen (secondary N) is 1. The van der Waals surface area contributed by atoms with Crippen LogP contribution in [0.4, 0.5) is 5.69 Å². The number of nitrogens with zero attached hydrogens (tertiary/aromatic N) is 1. The van der Waals surface area contributed by atoms with Crippen LogP contribution < -0.4 is 5.32 Å². The predicted octanol–water partition coefficient (Wildman–Crippen LogP) is 4.30.